The first-order valence-corrected chi connectivity index (χ1v) is 8.35. The summed E-state index contributed by atoms with van der Waals surface area (Å²) in [4.78, 5) is 2.58. The number of thioether (sulfide) groups is 1. The van der Waals surface area contributed by atoms with E-state index in [2.05, 4.69) is 25.8 Å². The number of nitrogens with two attached hydrogens (primary N) is 1. The van der Waals surface area contributed by atoms with Crippen LogP contribution in [0.3, 0.4) is 0 Å². The molecule has 0 amide bonds. The zero-order chi connectivity index (χ0) is 12.7. The molecule has 3 unspecified atom stereocenters. The first-order chi connectivity index (χ1) is 8.20. The van der Waals surface area contributed by atoms with Crippen LogP contribution in [0.1, 0.15) is 46.0 Å². The van der Waals surface area contributed by atoms with Gasteiger partial charge in [-0.3, -0.25) is 4.90 Å². The molecule has 0 saturated heterocycles. The maximum Gasteiger partial charge on any atom is 0.0226 e. The molecule has 0 aromatic carbocycles. The van der Waals surface area contributed by atoms with Crippen molar-refractivity contribution in [1.29, 1.82) is 0 Å². The van der Waals surface area contributed by atoms with Gasteiger partial charge in [0, 0.05) is 18.6 Å². The Labute approximate surface area is 112 Å². The van der Waals surface area contributed by atoms with E-state index in [1.165, 1.54) is 43.6 Å². The van der Waals surface area contributed by atoms with Crippen molar-refractivity contribution in [3.05, 3.63) is 0 Å². The van der Waals surface area contributed by atoms with Crippen molar-refractivity contribution in [3.63, 3.8) is 0 Å². The zero-order valence-corrected chi connectivity index (χ0v) is 12.6. The molecule has 1 aliphatic rings. The van der Waals surface area contributed by atoms with Gasteiger partial charge in [-0.25, -0.2) is 0 Å². The molecule has 0 bridgehead atoms. The van der Waals surface area contributed by atoms with Crippen LogP contribution in [0.25, 0.3) is 0 Å². The molecule has 0 radical (unpaired) electrons. The fourth-order valence-electron chi connectivity index (χ4n) is 3.02. The van der Waals surface area contributed by atoms with Crippen molar-refractivity contribution >= 4 is 11.8 Å². The van der Waals surface area contributed by atoms with Gasteiger partial charge in [0.25, 0.3) is 0 Å². The average Bonchev–Trinajstić information content (AvgIpc) is 2.35. The van der Waals surface area contributed by atoms with Gasteiger partial charge in [0.15, 0.2) is 0 Å². The number of likely N-dealkylation sites (N-methyl/N-ethyl adjacent to an activating group) is 1. The Kier molecular flexibility index (Phi) is 7.56. The van der Waals surface area contributed by atoms with E-state index in [1.807, 2.05) is 11.8 Å². The third-order valence-electron chi connectivity index (χ3n) is 4.24. The van der Waals surface area contributed by atoms with Crippen molar-refractivity contribution < 1.29 is 0 Å². The smallest absolute Gasteiger partial charge is 0.0226 e. The van der Waals surface area contributed by atoms with E-state index in [9.17, 15) is 0 Å². The third kappa shape index (κ3) is 4.80. The molecule has 3 heteroatoms. The van der Waals surface area contributed by atoms with E-state index in [0.29, 0.717) is 6.04 Å². The van der Waals surface area contributed by atoms with E-state index in [1.54, 1.807) is 0 Å². The number of hydrogen-bond donors (Lipinski definition) is 1. The van der Waals surface area contributed by atoms with Crippen LogP contribution in [0.5, 0.6) is 0 Å². The highest BCUT2D eigenvalue weighted by molar-refractivity contribution is 7.99. The predicted molar refractivity (Wildman–Crippen MR) is 79.6 cm³/mol. The van der Waals surface area contributed by atoms with E-state index in [0.717, 1.165) is 18.5 Å². The Bertz CT molecular complexity index is 199. The SMILES string of the molecule is CCSCCC(CN)N(C)C1CCCCC1C. The number of hydrogen-bond acceptors (Lipinski definition) is 3. The lowest BCUT2D eigenvalue weighted by molar-refractivity contribution is 0.0978. The second kappa shape index (κ2) is 8.39. The normalized spacial score (nSPS) is 27.4. The van der Waals surface area contributed by atoms with Crippen LogP contribution >= 0.6 is 11.8 Å². The Balaban J connectivity index is 2.42. The highest BCUT2D eigenvalue weighted by Gasteiger charge is 2.28. The molecule has 2 N–H and O–H groups in total. The highest BCUT2D eigenvalue weighted by atomic mass is 32.2. The van der Waals surface area contributed by atoms with Gasteiger partial charge in [0.2, 0.25) is 0 Å². The van der Waals surface area contributed by atoms with E-state index in [4.69, 9.17) is 5.73 Å². The van der Waals surface area contributed by atoms with Gasteiger partial charge in [-0.05, 0) is 43.7 Å². The molecule has 0 aromatic heterocycles. The fraction of sp³-hybridized carbons (Fsp3) is 1.00. The third-order valence-corrected chi connectivity index (χ3v) is 5.17. The molecule has 0 spiro atoms. The summed E-state index contributed by atoms with van der Waals surface area (Å²) >= 11 is 2.03. The van der Waals surface area contributed by atoms with Crippen molar-refractivity contribution in [2.45, 2.75) is 58.0 Å². The van der Waals surface area contributed by atoms with Gasteiger partial charge in [0.05, 0.1) is 0 Å². The molecule has 1 fully saturated rings. The van der Waals surface area contributed by atoms with Gasteiger partial charge in [-0.2, -0.15) is 11.8 Å². The van der Waals surface area contributed by atoms with Gasteiger partial charge < -0.3 is 5.73 Å². The molecule has 102 valence electrons. The molecule has 0 aliphatic heterocycles. The van der Waals surface area contributed by atoms with Gasteiger partial charge in [0.1, 0.15) is 0 Å². The summed E-state index contributed by atoms with van der Waals surface area (Å²) in [5.41, 5.74) is 5.96. The van der Waals surface area contributed by atoms with E-state index < -0.39 is 0 Å². The van der Waals surface area contributed by atoms with Gasteiger partial charge in [-0.15, -0.1) is 0 Å². The monoisotopic (exact) mass is 258 g/mol. The summed E-state index contributed by atoms with van der Waals surface area (Å²) in [5.74, 6) is 3.33. The lowest BCUT2D eigenvalue weighted by atomic mass is 9.84. The quantitative estimate of drug-likeness (QED) is 0.712. The summed E-state index contributed by atoms with van der Waals surface area (Å²) in [5, 5.41) is 0. The maximum atomic E-state index is 5.96. The Morgan fingerprint density at radius 2 is 2.06 bits per heavy atom. The largest absolute Gasteiger partial charge is 0.329 e. The molecule has 0 heterocycles. The van der Waals surface area contributed by atoms with Crippen LogP contribution in [-0.4, -0.2) is 42.1 Å². The molecule has 1 rings (SSSR count). The Hall–Kier alpha value is 0.270. The molecule has 3 atom stereocenters. The molecule has 17 heavy (non-hydrogen) atoms. The molecular formula is C14H30N2S. The van der Waals surface area contributed by atoms with Crippen molar-refractivity contribution in [2.75, 3.05) is 25.1 Å². The number of nitrogens with zero attached hydrogens (tertiary/aromatic N) is 1. The highest BCUT2D eigenvalue weighted by Crippen LogP contribution is 2.29. The molecular weight excluding hydrogens is 228 g/mol. The minimum atomic E-state index is 0.583. The molecule has 0 aromatic rings. The Morgan fingerprint density at radius 3 is 2.65 bits per heavy atom. The standard InChI is InChI=1S/C14H30N2S/c1-4-17-10-9-13(11-15)16(3)14-8-6-5-7-12(14)2/h12-14H,4-11,15H2,1-3H3. The first kappa shape index (κ1) is 15.3. The van der Waals surface area contributed by atoms with E-state index >= 15 is 0 Å². The summed E-state index contributed by atoms with van der Waals surface area (Å²) in [6.07, 6.45) is 6.84. The van der Waals surface area contributed by atoms with Crippen LogP contribution in [0.15, 0.2) is 0 Å². The lowest BCUT2D eigenvalue weighted by Gasteiger charge is -2.40. The molecule has 2 nitrogen and oxygen atoms in total. The van der Waals surface area contributed by atoms with Crippen LogP contribution in [0, 0.1) is 5.92 Å². The maximum absolute atomic E-state index is 5.96. The fourth-order valence-corrected chi connectivity index (χ4v) is 3.75. The summed E-state index contributed by atoms with van der Waals surface area (Å²) in [7, 11) is 2.29. The predicted octanol–water partition coefficient (Wildman–Crippen LogP) is 2.97. The molecule has 1 aliphatic carbocycles. The second-order valence-corrected chi connectivity index (χ2v) is 6.76. The van der Waals surface area contributed by atoms with E-state index in [-0.39, 0.29) is 0 Å². The summed E-state index contributed by atoms with van der Waals surface area (Å²) < 4.78 is 0. The summed E-state index contributed by atoms with van der Waals surface area (Å²) in [6, 6.07) is 1.35. The van der Waals surface area contributed by atoms with Crippen LogP contribution in [0.4, 0.5) is 0 Å². The second-order valence-electron chi connectivity index (χ2n) is 5.37. The first-order valence-electron chi connectivity index (χ1n) is 7.20. The summed E-state index contributed by atoms with van der Waals surface area (Å²) in [6.45, 7) is 5.45. The minimum Gasteiger partial charge on any atom is -0.329 e. The Morgan fingerprint density at radius 1 is 1.35 bits per heavy atom. The minimum absolute atomic E-state index is 0.583. The van der Waals surface area contributed by atoms with Gasteiger partial charge >= 0.3 is 0 Å². The molecule has 1 saturated carbocycles. The zero-order valence-electron chi connectivity index (χ0n) is 11.8. The van der Waals surface area contributed by atoms with Crippen LogP contribution in [0.2, 0.25) is 0 Å². The lowest BCUT2D eigenvalue weighted by Crippen LogP contribution is -2.48. The van der Waals surface area contributed by atoms with Crippen LogP contribution in [-0.2, 0) is 0 Å². The number of rotatable bonds is 7. The van der Waals surface area contributed by atoms with Crippen molar-refractivity contribution in [2.24, 2.45) is 11.7 Å². The van der Waals surface area contributed by atoms with Crippen LogP contribution < -0.4 is 5.73 Å². The average molecular weight is 258 g/mol. The van der Waals surface area contributed by atoms with Gasteiger partial charge in [-0.1, -0.05) is 26.7 Å². The van der Waals surface area contributed by atoms with Crippen molar-refractivity contribution in [1.82, 2.24) is 4.90 Å². The van der Waals surface area contributed by atoms with Crippen molar-refractivity contribution in [3.8, 4) is 0 Å². The topological polar surface area (TPSA) is 29.3 Å².